The second kappa shape index (κ2) is 7.17. The monoisotopic (exact) mass is 229 g/mol. The zero-order valence-corrected chi connectivity index (χ0v) is 9.37. The second-order valence-corrected chi connectivity index (χ2v) is 4.56. The van der Waals surface area contributed by atoms with Gasteiger partial charge in [-0.1, -0.05) is 46.9 Å². The predicted octanol–water partition coefficient (Wildman–Crippen LogP) is 1.48. The van der Waals surface area contributed by atoms with E-state index in [0.29, 0.717) is 0 Å². The Morgan fingerprint density at radius 1 is 1.40 bits per heavy atom. The van der Waals surface area contributed by atoms with Crippen molar-refractivity contribution < 1.29 is 13.6 Å². The van der Waals surface area contributed by atoms with Crippen molar-refractivity contribution in [2.24, 2.45) is 0 Å². The molecule has 1 aromatic carbocycles. The molecule has 0 unspecified atom stereocenters. The number of hydrogen-bond acceptors (Lipinski definition) is 3. The fraction of sp³-hybridized carbons (Fsp3) is 0.200. The van der Waals surface area contributed by atoms with Crippen LogP contribution in [0.3, 0.4) is 0 Å². The van der Waals surface area contributed by atoms with Crippen molar-refractivity contribution in [3.63, 3.8) is 0 Å². The van der Waals surface area contributed by atoms with Gasteiger partial charge in [-0.25, -0.2) is 8.42 Å². The first-order valence-electron chi connectivity index (χ1n) is 4.28. The maximum Gasteiger partial charge on any atom is 0.236 e. The highest BCUT2D eigenvalue weighted by atomic mass is 32.2. The van der Waals surface area contributed by atoms with Crippen molar-refractivity contribution in [1.29, 1.82) is 0 Å². The minimum Gasteiger partial charge on any atom is -0.302 e. The quantitative estimate of drug-likeness (QED) is 0.609. The molecule has 0 heterocycles. The van der Waals surface area contributed by atoms with E-state index in [0.717, 1.165) is 4.89 Å². The molecule has 1 rings (SSSR count). The molecule has 0 saturated heterocycles. The van der Waals surface area contributed by atoms with Gasteiger partial charge in [0.1, 0.15) is 0 Å². The number of benzene rings is 1. The van der Waals surface area contributed by atoms with E-state index in [4.69, 9.17) is 5.21 Å². The van der Waals surface area contributed by atoms with Crippen LogP contribution in [0.2, 0.25) is 0 Å². The Labute approximate surface area is 90.3 Å². The van der Waals surface area contributed by atoms with E-state index in [1.54, 1.807) is 0 Å². The van der Waals surface area contributed by atoms with Gasteiger partial charge in [0.2, 0.25) is 10.0 Å². The average Bonchev–Trinajstić information content (AvgIpc) is 2.20. The van der Waals surface area contributed by atoms with Gasteiger partial charge in [0.05, 0.1) is 5.75 Å². The summed E-state index contributed by atoms with van der Waals surface area (Å²) in [6, 6.07) is 10.3. The van der Waals surface area contributed by atoms with Crippen molar-refractivity contribution in [1.82, 2.24) is 4.89 Å². The standard InChI is InChI=1S/C7H8.C3H7NO3S/c1-7-5-3-2-4-6-7;1-2-3-8(6,7)4-5/h2-6H,1H3;2,4-5H,1,3H2. The Morgan fingerprint density at radius 3 is 2.13 bits per heavy atom. The Balaban J connectivity index is 0.000000262. The molecule has 15 heavy (non-hydrogen) atoms. The third kappa shape index (κ3) is 7.87. The maximum atomic E-state index is 10.2. The van der Waals surface area contributed by atoms with E-state index >= 15 is 0 Å². The zero-order valence-electron chi connectivity index (χ0n) is 8.55. The first-order chi connectivity index (χ1) is 7.02. The fourth-order valence-electron chi connectivity index (χ4n) is 0.727. The van der Waals surface area contributed by atoms with Gasteiger partial charge in [0, 0.05) is 0 Å². The molecule has 0 atom stereocenters. The molecule has 0 spiro atoms. The van der Waals surface area contributed by atoms with Crippen molar-refractivity contribution in [2.45, 2.75) is 6.92 Å². The molecule has 0 aromatic heterocycles. The fourth-order valence-corrected chi connectivity index (χ4v) is 1.11. The molecule has 0 bridgehead atoms. The molecule has 0 amide bonds. The summed E-state index contributed by atoms with van der Waals surface area (Å²) >= 11 is 0. The van der Waals surface area contributed by atoms with Gasteiger partial charge in [0.25, 0.3) is 0 Å². The SMILES string of the molecule is C=CCS(=O)(=O)NO.Cc1ccccc1. The first-order valence-corrected chi connectivity index (χ1v) is 5.93. The molecule has 1 aromatic rings. The highest BCUT2D eigenvalue weighted by Crippen LogP contribution is 1.92. The predicted molar refractivity (Wildman–Crippen MR) is 60.1 cm³/mol. The second-order valence-electron chi connectivity index (χ2n) is 2.82. The van der Waals surface area contributed by atoms with Crippen LogP contribution in [0.25, 0.3) is 0 Å². The summed E-state index contributed by atoms with van der Waals surface area (Å²) in [5.74, 6) is -0.260. The molecule has 4 nitrogen and oxygen atoms in total. The van der Waals surface area contributed by atoms with Crippen LogP contribution in [-0.4, -0.2) is 19.4 Å². The highest BCUT2D eigenvalue weighted by Gasteiger charge is 2.01. The molecule has 0 fully saturated rings. The van der Waals surface area contributed by atoms with E-state index in [1.807, 2.05) is 18.2 Å². The van der Waals surface area contributed by atoms with E-state index in [1.165, 1.54) is 11.6 Å². The van der Waals surface area contributed by atoms with Crippen LogP contribution in [0.15, 0.2) is 43.0 Å². The molecule has 0 saturated carbocycles. The molecule has 5 heteroatoms. The molecule has 0 aliphatic heterocycles. The Hall–Kier alpha value is -1.17. The molecule has 0 aliphatic rings. The van der Waals surface area contributed by atoms with Gasteiger partial charge >= 0.3 is 0 Å². The number of hydrogen-bond donors (Lipinski definition) is 2. The van der Waals surface area contributed by atoms with Crippen LogP contribution in [0, 0.1) is 6.92 Å². The lowest BCUT2D eigenvalue weighted by atomic mass is 10.2. The summed E-state index contributed by atoms with van der Waals surface area (Å²) in [5, 5.41) is 7.84. The summed E-state index contributed by atoms with van der Waals surface area (Å²) in [6.45, 7) is 5.25. The van der Waals surface area contributed by atoms with E-state index in [-0.39, 0.29) is 5.75 Å². The van der Waals surface area contributed by atoms with Crippen LogP contribution in [-0.2, 0) is 10.0 Å². The average molecular weight is 229 g/mol. The lowest BCUT2D eigenvalue weighted by Crippen LogP contribution is -2.21. The molecule has 0 aliphatic carbocycles. The van der Waals surface area contributed by atoms with Gasteiger partial charge in [0.15, 0.2) is 0 Å². The minimum atomic E-state index is -3.48. The van der Waals surface area contributed by atoms with Crippen LogP contribution in [0.5, 0.6) is 0 Å². The topological polar surface area (TPSA) is 66.4 Å². The largest absolute Gasteiger partial charge is 0.302 e. The smallest absolute Gasteiger partial charge is 0.236 e. The molecule has 2 N–H and O–H groups in total. The van der Waals surface area contributed by atoms with E-state index in [2.05, 4.69) is 25.6 Å². The third-order valence-electron chi connectivity index (χ3n) is 1.42. The summed E-state index contributed by atoms with van der Waals surface area (Å²) in [7, 11) is -3.48. The molecular formula is C10H15NO3S. The van der Waals surface area contributed by atoms with E-state index in [9.17, 15) is 8.42 Å². The number of rotatable bonds is 3. The molecule has 0 radical (unpaired) electrons. The van der Waals surface area contributed by atoms with Gasteiger partial charge in [-0.05, 0) is 6.92 Å². The van der Waals surface area contributed by atoms with Crippen LogP contribution in [0.1, 0.15) is 5.56 Å². The Kier molecular flexibility index (Phi) is 6.61. The van der Waals surface area contributed by atoms with Crippen molar-refractivity contribution in [3.8, 4) is 0 Å². The van der Waals surface area contributed by atoms with Crippen molar-refractivity contribution in [3.05, 3.63) is 48.6 Å². The zero-order chi connectivity index (χ0) is 11.7. The van der Waals surface area contributed by atoms with Gasteiger partial charge in [-0.2, -0.15) is 0 Å². The van der Waals surface area contributed by atoms with Gasteiger partial charge in [-0.15, -0.1) is 6.58 Å². The van der Waals surface area contributed by atoms with Crippen molar-refractivity contribution in [2.75, 3.05) is 5.75 Å². The lowest BCUT2D eigenvalue weighted by Gasteiger charge is -1.92. The summed E-state index contributed by atoms with van der Waals surface area (Å²) < 4.78 is 20.3. The number of nitrogens with one attached hydrogen (secondary N) is 1. The Bertz CT molecular complexity index is 373. The van der Waals surface area contributed by atoms with E-state index < -0.39 is 10.0 Å². The molecule has 84 valence electrons. The highest BCUT2D eigenvalue weighted by molar-refractivity contribution is 7.89. The van der Waals surface area contributed by atoms with Gasteiger partial charge in [-0.3, -0.25) is 0 Å². The lowest BCUT2D eigenvalue weighted by molar-refractivity contribution is 0.243. The van der Waals surface area contributed by atoms with Crippen LogP contribution < -0.4 is 4.89 Å². The molecular weight excluding hydrogens is 214 g/mol. The summed E-state index contributed by atoms with van der Waals surface area (Å²) in [6.07, 6.45) is 1.18. The van der Waals surface area contributed by atoms with Crippen molar-refractivity contribution >= 4 is 10.0 Å². The van der Waals surface area contributed by atoms with Gasteiger partial charge < -0.3 is 5.21 Å². The minimum absolute atomic E-state index is 0.260. The third-order valence-corrected chi connectivity index (χ3v) is 2.37. The van der Waals surface area contributed by atoms with Crippen LogP contribution in [0.4, 0.5) is 0 Å². The number of sulfonamides is 1. The number of aryl methyl sites for hydroxylation is 1. The summed E-state index contributed by atoms with van der Waals surface area (Å²) in [5.41, 5.74) is 1.32. The maximum absolute atomic E-state index is 10.2. The van der Waals surface area contributed by atoms with Crippen LogP contribution >= 0.6 is 0 Å². The normalized spacial score (nSPS) is 10.0. The Morgan fingerprint density at radius 2 is 1.93 bits per heavy atom. The summed E-state index contributed by atoms with van der Waals surface area (Å²) in [4.78, 5) is 1.14. The first kappa shape index (κ1) is 13.8.